The fourth-order valence-electron chi connectivity index (χ4n) is 1.44. The molecule has 1 atom stereocenters. The lowest BCUT2D eigenvalue weighted by molar-refractivity contribution is -0.137. The number of hydrogen-bond acceptors (Lipinski definition) is 3. The molecule has 16 heavy (non-hydrogen) atoms. The predicted octanol–water partition coefficient (Wildman–Crippen LogP) is 0.879. The smallest absolute Gasteiger partial charge is 0.305 e. The highest BCUT2D eigenvalue weighted by atomic mass is 16.4. The van der Waals surface area contributed by atoms with Crippen molar-refractivity contribution < 1.29 is 9.90 Å². The number of aliphatic carboxylic acids is 1. The summed E-state index contributed by atoms with van der Waals surface area (Å²) >= 11 is 0. The van der Waals surface area contributed by atoms with Crippen LogP contribution in [0.2, 0.25) is 0 Å². The van der Waals surface area contributed by atoms with Gasteiger partial charge in [0.25, 0.3) is 0 Å². The van der Waals surface area contributed by atoms with E-state index in [0.29, 0.717) is 5.82 Å². The zero-order valence-corrected chi connectivity index (χ0v) is 8.47. The number of imidazole rings is 1. The van der Waals surface area contributed by atoms with Crippen LogP contribution < -0.4 is 5.73 Å². The van der Waals surface area contributed by atoms with Gasteiger partial charge in [0.05, 0.1) is 30.0 Å². The van der Waals surface area contributed by atoms with Crippen molar-refractivity contribution in [3.05, 3.63) is 30.4 Å². The number of aromatic amines is 2. The van der Waals surface area contributed by atoms with Gasteiger partial charge in [-0.1, -0.05) is 0 Å². The molecule has 0 bridgehead atoms. The summed E-state index contributed by atoms with van der Waals surface area (Å²) in [6.45, 7) is 0. The Labute approximate surface area is 91.5 Å². The third kappa shape index (κ3) is 2.12. The highest BCUT2D eigenvalue weighted by molar-refractivity contribution is 5.67. The fourth-order valence-corrected chi connectivity index (χ4v) is 1.44. The van der Waals surface area contributed by atoms with Gasteiger partial charge in [0, 0.05) is 6.20 Å². The Bertz CT molecular complexity index is 475. The van der Waals surface area contributed by atoms with E-state index in [-0.39, 0.29) is 6.42 Å². The lowest BCUT2D eigenvalue weighted by atomic mass is 10.2. The van der Waals surface area contributed by atoms with E-state index in [1.165, 1.54) is 0 Å². The van der Waals surface area contributed by atoms with Gasteiger partial charge in [-0.05, 0) is 12.1 Å². The first kappa shape index (κ1) is 10.4. The molecule has 0 aliphatic heterocycles. The van der Waals surface area contributed by atoms with Crippen molar-refractivity contribution in [1.82, 2.24) is 15.0 Å². The SMILES string of the molecule is NC(CC(=O)O)c1ncc(-c2ccc[nH]2)[nH]1. The van der Waals surface area contributed by atoms with Crippen LogP contribution in [0.15, 0.2) is 24.5 Å². The van der Waals surface area contributed by atoms with Crippen molar-refractivity contribution in [2.45, 2.75) is 12.5 Å². The van der Waals surface area contributed by atoms with Crippen LogP contribution in [0.25, 0.3) is 11.4 Å². The van der Waals surface area contributed by atoms with Gasteiger partial charge >= 0.3 is 5.97 Å². The summed E-state index contributed by atoms with van der Waals surface area (Å²) in [5, 5.41) is 8.61. The number of carboxylic acid groups (broad SMARTS) is 1. The number of rotatable bonds is 4. The van der Waals surface area contributed by atoms with Gasteiger partial charge in [-0.2, -0.15) is 0 Å². The molecule has 6 nitrogen and oxygen atoms in total. The first-order valence-corrected chi connectivity index (χ1v) is 4.83. The summed E-state index contributed by atoms with van der Waals surface area (Å²) in [4.78, 5) is 20.6. The summed E-state index contributed by atoms with van der Waals surface area (Å²) in [7, 11) is 0. The predicted molar refractivity (Wildman–Crippen MR) is 57.6 cm³/mol. The molecule has 0 fully saturated rings. The van der Waals surface area contributed by atoms with Gasteiger partial charge in [0.15, 0.2) is 0 Å². The zero-order chi connectivity index (χ0) is 11.5. The highest BCUT2D eigenvalue weighted by Gasteiger charge is 2.14. The maximum Gasteiger partial charge on any atom is 0.305 e. The number of H-pyrrole nitrogens is 2. The Morgan fingerprint density at radius 1 is 1.56 bits per heavy atom. The molecule has 1 unspecified atom stereocenters. The van der Waals surface area contributed by atoms with E-state index >= 15 is 0 Å². The van der Waals surface area contributed by atoms with Gasteiger partial charge in [-0.15, -0.1) is 0 Å². The number of carboxylic acids is 1. The molecule has 0 spiro atoms. The lowest BCUT2D eigenvalue weighted by Crippen LogP contribution is -2.16. The molecule has 5 N–H and O–H groups in total. The number of nitrogens with two attached hydrogens (primary N) is 1. The number of carbonyl (C=O) groups is 1. The Kier molecular flexibility index (Phi) is 2.74. The molecule has 0 saturated carbocycles. The van der Waals surface area contributed by atoms with E-state index in [9.17, 15) is 4.79 Å². The summed E-state index contributed by atoms with van der Waals surface area (Å²) in [6, 6.07) is 3.15. The number of nitrogens with zero attached hydrogens (tertiary/aromatic N) is 1. The zero-order valence-electron chi connectivity index (χ0n) is 8.47. The molecule has 0 radical (unpaired) electrons. The topological polar surface area (TPSA) is 108 Å². The van der Waals surface area contributed by atoms with Crippen LogP contribution in [0.1, 0.15) is 18.3 Å². The van der Waals surface area contributed by atoms with Crippen molar-refractivity contribution in [3.63, 3.8) is 0 Å². The average Bonchev–Trinajstić information content (AvgIpc) is 2.87. The molecule has 0 aromatic carbocycles. The van der Waals surface area contributed by atoms with E-state index in [1.807, 2.05) is 12.1 Å². The lowest BCUT2D eigenvalue weighted by Gasteiger charge is -2.04. The molecule has 2 aromatic heterocycles. The van der Waals surface area contributed by atoms with E-state index in [4.69, 9.17) is 10.8 Å². The minimum atomic E-state index is -0.940. The molecule has 2 aromatic rings. The van der Waals surface area contributed by atoms with Crippen molar-refractivity contribution in [3.8, 4) is 11.4 Å². The van der Waals surface area contributed by atoms with Crippen LogP contribution in [0.5, 0.6) is 0 Å². The molecular formula is C10H12N4O2. The minimum absolute atomic E-state index is 0.141. The van der Waals surface area contributed by atoms with Crippen LogP contribution in [0.4, 0.5) is 0 Å². The maximum absolute atomic E-state index is 10.5. The Morgan fingerprint density at radius 3 is 3.00 bits per heavy atom. The van der Waals surface area contributed by atoms with Gasteiger partial charge in [0.2, 0.25) is 0 Å². The van der Waals surface area contributed by atoms with Gasteiger partial charge < -0.3 is 20.8 Å². The van der Waals surface area contributed by atoms with E-state index in [1.54, 1.807) is 12.4 Å². The average molecular weight is 220 g/mol. The second-order valence-corrected chi connectivity index (χ2v) is 3.47. The van der Waals surface area contributed by atoms with Crippen molar-refractivity contribution in [1.29, 1.82) is 0 Å². The molecular weight excluding hydrogens is 208 g/mol. The van der Waals surface area contributed by atoms with Gasteiger partial charge in [-0.3, -0.25) is 4.79 Å². The molecule has 2 heterocycles. The van der Waals surface area contributed by atoms with Crippen molar-refractivity contribution in [2.75, 3.05) is 0 Å². The molecule has 6 heteroatoms. The largest absolute Gasteiger partial charge is 0.481 e. The van der Waals surface area contributed by atoms with Gasteiger partial charge in [0.1, 0.15) is 5.82 Å². The summed E-state index contributed by atoms with van der Waals surface area (Å²) in [6.07, 6.45) is 3.29. The molecule has 0 aliphatic carbocycles. The number of nitrogens with one attached hydrogen (secondary N) is 2. The third-order valence-electron chi connectivity index (χ3n) is 2.23. The second-order valence-electron chi connectivity index (χ2n) is 3.47. The monoisotopic (exact) mass is 220 g/mol. The fraction of sp³-hybridized carbons (Fsp3) is 0.200. The van der Waals surface area contributed by atoms with E-state index in [0.717, 1.165) is 11.4 Å². The molecule has 84 valence electrons. The summed E-state index contributed by atoms with van der Waals surface area (Å²) in [5.74, 6) is -0.461. The molecule has 0 saturated heterocycles. The Hall–Kier alpha value is -2.08. The van der Waals surface area contributed by atoms with Crippen LogP contribution >= 0.6 is 0 Å². The van der Waals surface area contributed by atoms with E-state index < -0.39 is 12.0 Å². The van der Waals surface area contributed by atoms with E-state index in [2.05, 4.69) is 15.0 Å². The molecule has 0 amide bonds. The number of hydrogen-bond donors (Lipinski definition) is 4. The molecule has 2 rings (SSSR count). The van der Waals surface area contributed by atoms with Crippen LogP contribution in [-0.4, -0.2) is 26.0 Å². The van der Waals surface area contributed by atoms with Crippen LogP contribution in [0.3, 0.4) is 0 Å². The first-order chi connectivity index (χ1) is 7.66. The van der Waals surface area contributed by atoms with Crippen LogP contribution in [0, 0.1) is 0 Å². The maximum atomic E-state index is 10.5. The standard InChI is InChI=1S/C10H12N4O2/c11-6(4-9(15)16)10-13-5-8(14-10)7-2-1-3-12-7/h1-3,5-6,12H,4,11H2,(H,13,14)(H,15,16). The summed E-state index contributed by atoms with van der Waals surface area (Å²) < 4.78 is 0. The van der Waals surface area contributed by atoms with Crippen LogP contribution in [-0.2, 0) is 4.79 Å². The van der Waals surface area contributed by atoms with Crippen molar-refractivity contribution >= 4 is 5.97 Å². The Morgan fingerprint density at radius 2 is 2.38 bits per heavy atom. The van der Waals surface area contributed by atoms with Crippen molar-refractivity contribution in [2.24, 2.45) is 5.73 Å². The highest BCUT2D eigenvalue weighted by Crippen LogP contribution is 2.17. The Balaban J connectivity index is 2.16. The molecule has 0 aliphatic rings. The first-order valence-electron chi connectivity index (χ1n) is 4.83. The minimum Gasteiger partial charge on any atom is -0.481 e. The summed E-state index contributed by atoms with van der Waals surface area (Å²) in [5.41, 5.74) is 7.36. The van der Waals surface area contributed by atoms with Gasteiger partial charge in [-0.25, -0.2) is 4.98 Å². The quantitative estimate of drug-likeness (QED) is 0.613. The normalized spacial score (nSPS) is 12.6. The third-order valence-corrected chi connectivity index (χ3v) is 2.23. The second kappa shape index (κ2) is 4.19. The number of aromatic nitrogens is 3.